The number of hydrogen-bond donors (Lipinski definition) is 0. The summed E-state index contributed by atoms with van der Waals surface area (Å²) in [5.74, 6) is -0.996. The zero-order valence-electron chi connectivity index (χ0n) is 14.1. The molecule has 0 radical (unpaired) electrons. The van der Waals surface area contributed by atoms with Crippen LogP contribution < -0.4 is 0 Å². The average molecular weight is 339 g/mol. The number of benzene rings is 1. The molecule has 0 bridgehead atoms. The highest BCUT2D eigenvalue weighted by Gasteiger charge is 2.21. The summed E-state index contributed by atoms with van der Waals surface area (Å²) in [5.41, 5.74) is 2.05. The van der Waals surface area contributed by atoms with E-state index in [9.17, 15) is 9.59 Å². The Morgan fingerprint density at radius 2 is 1.96 bits per heavy atom. The van der Waals surface area contributed by atoms with Gasteiger partial charge in [0.2, 0.25) is 0 Å². The summed E-state index contributed by atoms with van der Waals surface area (Å²) in [4.78, 5) is 29.4. The smallest absolute Gasteiger partial charge is 0.361 e. The molecule has 0 aliphatic rings. The van der Waals surface area contributed by atoms with Crippen LogP contribution in [0.1, 0.15) is 16.2 Å². The average Bonchev–Trinajstić information content (AvgIpc) is 3.00. The van der Waals surface area contributed by atoms with Crippen LogP contribution in [-0.4, -0.2) is 57.5 Å². The standard InChI is InChI=1S/C17H17N5O3/c1-11-15(17(24)25-10-14(23)21(2)3)19-20-22(11)13-8-4-6-12-7-5-9-18-16(12)13/h4-9H,10H2,1-3H3. The Morgan fingerprint density at radius 1 is 1.20 bits per heavy atom. The van der Waals surface area contributed by atoms with Gasteiger partial charge >= 0.3 is 5.97 Å². The second kappa shape index (κ2) is 6.68. The summed E-state index contributed by atoms with van der Waals surface area (Å²) < 4.78 is 6.55. The largest absolute Gasteiger partial charge is 0.451 e. The van der Waals surface area contributed by atoms with E-state index in [1.165, 1.54) is 4.90 Å². The first-order valence-corrected chi connectivity index (χ1v) is 7.62. The Morgan fingerprint density at radius 3 is 2.72 bits per heavy atom. The zero-order valence-corrected chi connectivity index (χ0v) is 14.1. The fraction of sp³-hybridized carbons (Fsp3) is 0.235. The molecule has 0 atom stereocenters. The Hall–Kier alpha value is -3.29. The molecule has 128 valence electrons. The number of aromatic nitrogens is 4. The number of pyridine rings is 1. The molecule has 0 unspecified atom stereocenters. The summed E-state index contributed by atoms with van der Waals surface area (Å²) >= 11 is 0. The third-order valence-electron chi connectivity index (χ3n) is 3.75. The van der Waals surface area contributed by atoms with E-state index in [1.807, 2.05) is 30.3 Å². The monoisotopic (exact) mass is 339 g/mol. The quantitative estimate of drug-likeness (QED) is 0.667. The number of amides is 1. The molecule has 3 aromatic rings. The maximum Gasteiger partial charge on any atom is 0.361 e. The molecule has 25 heavy (non-hydrogen) atoms. The molecule has 1 aromatic carbocycles. The van der Waals surface area contributed by atoms with Crippen molar-refractivity contribution in [2.45, 2.75) is 6.92 Å². The lowest BCUT2D eigenvalue weighted by atomic mass is 10.2. The second-order valence-electron chi connectivity index (χ2n) is 5.65. The van der Waals surface area contributed by atoms with Crippen molar-refractivity contribution >= 4 is 22.8 Å². The van der Waals surface area contributed by atoms with E-state index >= 15 is 0 Å². The number of nitrogens with zero attached hydrogens (tertiary/aromatic N) is 5. The molecule has 0 aliphatic carbocycles. The fourth-order valence-corrected chi connectivity index (χ4v) is 2.33. The van der Waals surface area contributed by atoms with Gasteiger partial charge in [0.05, 0.1) is 16.9 Å². The Bertz CT molecular complexity index is 943. The molecule has 0 saturated heterocycles. The summed E-state index contributed by atoms with van der Waals surface area (Å²) in [5, 5.41) is 8.91. The molecular formula is C17H17N5O3. The minimum Gasteiger partial charge on any atom is -0.451 e. The van der Waals surface area contributed by atoms with E-state index in [4.69, 9.17) is 4.74 Å². The summed E-state index contributed by atoms with van der Waals surface area (Å²) in [7, 11) is 3.18. The number of carbonyl (C=O) groups is 2. The molecule has 8 nitrogen and oxygen atoms in total. The topological polar surface area (TPSA) is 90.2 Å². The van der Waals surface area contributed by atoms with Gasteiger partial charge in [0.15, 0.2) is 12.3 Å². The third-order valence-corrected chi connectivity index (χ3v) is 3.75. The Labute approximate surface area is 144 Å². The first-order valence-electron chi connectivity index (χ1n) is 7.62. The lowest BCUT2D eigenvalue weighted by molar-refractivity contribution is -0.131. The lowest BCUT2D eigenvalue weighted by Gasteiger charge is -2.10. The fourth-order valence-electron chi connectivity index (χ4n) is 2.33. The van der Waals surface area contributed by atoms with E-state index < -0.39 is 5.97 Å². The molecule has 3 rings (SSSR count). The highest BCUT2D eigenvalue weighted by atomic mass is 16.5. The molecule has 1 amide bonds. The minimum atomic E-state index is -0.688. The van der Waals surface area contributed by atoms with Gasteiger partial charge in [0.25, 0.3) is 5.91 Å². The number of hydrogen-bond acceptors (Lipinski definition) is 6. The maximum atomic E-state index is 12.2. The number of carbonyl (C=O) groups excluding carboxylic acids is 2. The first kappa shape index (κ1) is 16.6. The molecule has 0 fully saturated rings. The van der Waals surface area contributed by atoms with Crippen LogP contribution in [0.4, 0.5) is 0 Å². The number of likely N-dealkylation sites (N-methyl/N-ethyl adjacent to an activating group) is 1. The summed E-state index contributed by atoms with van der Waals surface area (Å²) in [6, 6.07) is 9.47. The molecule has 0 saturated carbocycles. The number of esters is 1. The van der Waals surface area contributed by atoms with Crippen molar-refractivity contribution in [2.75, 3.05) is 20.7 Å². The summed E-state index contributed by atoms with van der Waals surface area (Å²) in [6.07, 6.45) is 1.69. The third kappa shape index (κ3) is 3.18. The highest BCUT2D eigenvalue weighted by Crippen LogP contribution is 2.21. The SMILES string of the molecule is Cc1c(C(=O)OCC(=O)N(C)C)nnn1-c1cccc2cccnc12. The van der Waals surface area contributed by atoms with Gasteiger partial charge in [-0.05, 0) is 19.1 Å². The molecule has 2 aromatic heterocycles. The maximum absolute atomic E-state index is 12.2. The van der Waals surface area contributed by atoms with Crippen LogP contribution in [0, 0.1) is 6.92 Å². The van der Waals surface area contributed by atoms with E-state index in [1.54, 1.807) is 31.9 Å². The Balaban J connectivity index is 1.91. The van der Waals surface area contributed by atoms with Gasteiger partial charge in [0, 0.05) is 25.7 Å². The number of ether oxygens (including phenoxy) is 1. The molecule has 0 aliphatic heterocycles. The van der Waals surface area contributed by atoms with Gasteiger partial charge in [-0.2, -0.15) is 0 Å². The van der Waals surface area contributed by atoms with Crippen molar-refractivity contribution < 1.29 is 14.3 Å². The zero-order chi connectivity index (χ0) is 18.0. The highest BCUT2D eigenvalue weighted by molar-refractivity contribution is 5.91. The molecule has 0 N–H and O–H groups in total. The van der Waals surface area contributed by atoms with Crippen molar-refractivity contribution in [3.63, 3.8) is 0 Å². The van der Waals surface area contributed by atoms with E-state index in [0.29, 0.717) is 11.4 Å². The van der Waals surface area contributed by atoms with Gasteiger partial charge in [-0.1, -0.05) is 23.4 Å². The molecular weight excluding hydrogens is 322 g/mol. The molecule has 2 heterocycles. The normalized spacial score (nSPS) is 10.7. The van der Waals surface area contributed by atoms with Gasteiger partial charge in [-0.3, -0.25) is 9.78 Å². The van der Waals surface area contributed by atoms with Crippen LogP contribution in [0.15, 0.2) is 36.5 Å². The predicted molar refractivity (Wildman–Crippen MR) is 90.4 cm³/mol. The van der Waals surface area contributed by atoms with Crippen LogP contribution in [0.25, 0.3) is 16.6 Å². The van der Waals surface area contributed by atoms with E-state index in [0.717, 1.165) is 10.9 Å². The number of fused-ring (bicyclic) bond motifs is 1. The van der Waals surface area contributed by atoms with E-state index in [-0.39, 0.29) is 18.2 Å². The Kier molecular flexibility index (Phi) is 4.42. The van der Waals surface area contributed by atoms with Crippen LogP contribution >= 0.6 is 0 Å². The van der Waals surface area contributed by atoms with E-state index in [2.05, 4.69) is 15.3 Å². The van der Waals surface area contributed by atoms with Crippen LogP contribution in [0.2, 0.25) is 0 Å². The predicted octanol–water partition coefficient (Wildman–Crippen LogP) is 1.37. The van der Waals surface area contributed by atoms with Crippen LogP contribution in [-0.2, 0) is 9.53 Å². The molecule has 8 heteroatoms. The van der Waals surface area contributed by atoms with Crippen molar-refractivity contribution in [1.82, 2.24) is 24.9 Å². The number of para-hydroxylation sites is 1. The van der Waals surface area contributed by atoms with Crippen molar-refractivity contribution in [3.05, 3.63) is 47.9 Å². The first-order chi connectivity index (χ1) is 12.0. The molecule has 0 spiro atoms. The van der Waals surface area contributed by atoms with Gasteiger partial charge < -0.3 is 9.64 Å². The minimum absolute atomic E-state index is 0.0690. The van der Waals surface area contributed by atoms with Gasteiger partial charge in [0.1, 0.15) is 0 Å². The second-order valence-corrected chi connectivity index (χ2v) is 5.65. The van der Waals surface area contributed by atoms with Crippen molar-refractivity contribution in [1.29, 1.82) is 0 Å². The number of rotatable bonds is 4. The van der Waals surface area contributed by atoms with Gasteiger partial charge in [-0.15, -0.1) is 5.10 Å². The lowest BCUT2D eigenvalue weighted by Crippen LogP contribution is -2.27. The van der Waals surface area contributed by atoms with Crippen LogP contribution in [0.3, 0.4) is 0 Å². The van der Waals surface area contributed by atoms with Gasteiger partial charge in [-0.25, -0.2) is 9.48 Å². The van der Waals surface area contributed by atoms with Crippen LogP contribution in [0.5, 0.6) is 0 Å². The van der Waals surface area contributed by atoms with Crippen molar-refractivity contribution in [3.8, 4) is 5.69 Å². The van der Waals surface area contributed by atoms with Crippen molar-refractivity contribution in [2.24, 2.45) is 0 Å². The summed E-state index contributed by atoms with van der Waals surface area (Å²) in [6.45, 7) is 1.38.